The van der Waals surface area contributed by atoms with Crippen molar-refractivity contribution in [2.75, 3.05) is 6.54 Å². The van der Waals surface area contributed by atoms with Crippen LogP contribution >= 0.6 is 0 Å². The van der Waals surface area contributed by atoms with E-state index in [1.165, 1.54) is 12.8 Å². The minimum atomic E-state index is -0.172. The molecule has 0 bridgehead atoms. The van der Waals surface area contributed by atoms with E-state index in [-0.39, 0.29) is 7.03 Å². The Labute approximate surface area is 88.5 Å². The molecule has 0 aromatic carbocycles. The maximum atomic E-state index is 5.57. The van der Waals surface area contributed by atoms with Crippen molar-refractivity contribution in [1.29, 1.82) is 0 Å². The summed E-state index contributed by atoms with van der Waals surface area (Å²) in [6.07, 6.45) is 4.49. The van der Waals surface area contributed by atoms with Crippen molar-refractivity contribution in [1.82, 2.24) is 5.32 Å². The number of hydrogen-bond acceptors (Lipinski definition) is 2. The Balaban J connectivity index is 0.00000196. The Kier molecular flexibility index (Phi) is 2.93. The lowest BCUT2D eigenvalue weighted by atomic mass is 10.1. The van der Waals surface area contributed by atoms with Crippen molar-refractivity contribution in [3.8, 4) is 0 Å². The average molecular weight is 197 g/mol. The lowest BCUT2D eigenvalue weighted by Gasteiger charge is -2.24. The highest BCUT2D eigenvalue weighted by atomic mass is 16.5. The standard InChI is InChI=1S/C12H21NO.H2/c1-6-12(7-8-12)9-13-10(2)14-11(3,4)5;/h6,13H,1-2,7-9H2,3-5H3;1H. The maximum absolute atomic E-state index is 5.57. The number of rotatable bonds is 5. The third kappa shape index (κ3) is 3.44. The summed E-state index contributed by atoms with van der Waals surface area (Å²) >= 11 is 0. The third-order valence-electron chi connectivity index (χ3n) is 2.39. The van der Waals surface area contributed by atoms with Crippen LogP contribution in [0.4, 0.5) is 0 Å². The quantitative estimate of drug-likeness (QED) is 0.540. The monoisotopic (exact) mass is 197 g/mol. The predicted octanol–water partition coefficient (Wildman–Crippen LogP) is 3.07. The van der Waals surface area contributed by atoms with E-state index in [4.69, 9.17) is 4.74 Å². The van der Waals surface area contributed by atoms with Gasteiger partial charge in [-0.1, -0.05) is 6.08 Å². The van der Waals surface area contributed by atoms with Crippen LogP contribution in [0, 0.1) is 5.41 Å². The Morgan fingerprint density at radius 3 is 2.50 bits per heavy atom. The van der Waals surface area contributed by atoms with Crippen LogP contribution in [0.3, 0.4) is 0 Å². The molecule has 1 aliphatic carbocycles. The van der Waals surface area contributed by atoms with Gasteiger partial charge in [0, 0.05) is 13.4 Å². The van der Waals surface area contributed by atoms with Crippen molar-refractivity contribution in [2.45, 2.75) is 39.2 Å². The average Bonchev–Trinajstić information content (AvgIpc) is 2.78. The summed E-state index contributed by atoms with van der Waals surface area (Å²) in [5, 5.41) is 3.20. The van der Waals surface area contributed by atoms with E-state index in [9.17, 15) is 0 Å². The van der Waals surface area contributed by atoms with E-state index < -0.39 is 0 Å². The summed E-state index contributed by atoms with van der Waals surface area (Å²) in [6.45, 7) is 14.6. The fraction of sp³-hybridized carbons (Fsp3) is 0.667. The van der Waals surface area contributed by atoms with Crippen LogP contribution < -0.4 is 5.32 Å². The van der Waals surface area contributed by atoms with Gasteiger partial charge >= 0.3 is 0 Å². The van der Waals surface area contributed by atoms with Gasteiger partial charge in [-0.05, 0) is 40.2 Å². The molecule has 0 aliphatic heterocycles. The first kappa shape index (κ1) is 11.2. The number of hydrogen-bond donors (Lipinski definition) is 1. The molecule has 1 N–H and O–H groups in total. The normalized spacial score (nSPS) is 18.5. The number of ether oxygens (including phenoxy) is 1. The van der Waals surface area contributed by atoms with Crippen LogP contribution in [-0.4, -0.2) is 12.1 Å². The molecule has 1 fully saturated rings. The zero-order valence-electron chi connectivity index (χ0n) is 9.52. The fourth-order valence-corrected chi connectivity index (χ4v) is 1.29. The van der Waals surface area contributed by atoms with E-state index in [0.717, 1.165) is 6.54 Å². The summed E-state index contributed by atoms with van der Waals surface area (Å²) < 4.78 is 5.57. The molecule has 1 saturated carbocycles. The first-order chi connectivity index (χ1) is 6.37. The summed E-state index contributed by atoms with van der Waals surface area (Å²) in [4.78, 5) is 0. The van der Waals surface area contributed by atoms with Crippen molar-refractivity contribution >= 4 is 0 Å². The highest BCUT2D eigenvalue weighted by Gasteiger charge is 2.39. The first-order valence-corrected chi connectivity index (χ1v) is 5.12. The van der Waals surface area contributed by atoms with Gasteiger partial charge in [-0.25, -0.2) is 0 Å². The van der Waals surface area contributed by atoms with Crippen molar-refractivity contribution < 1.29 is 6.16 Å². The number of nitrogens with one attached hydrogen (secondary N) is 1. The van der Waals surface area contributed by atoms with Gasteiger partial charge in [-0.2, -0.15) is 0 Å². The molecule has 0 radical (unpaired) electrons. The van der Waals surface area contributed by atoms with Gasteiger partial charge in [-0.3, -0.25) is 0 Å². The van der Waals surface area contributed by atoms with Crippen LogP contribution in [0.15, 0.2) is 25.1 Å². The summed E-state index contributed by atoms with van der Waals surface area (Å²) in [5.41, 5.74) is 0.138. The molecule has 2 heteroatoms. The molecule has 2 nitrogen and oxygen atoms in total. The molecule has 14 heavy (non-hydrogen) atoms. The Bertz CT molecular complexity index is 238. The Morgan fingerprint density at radius 1 is 1.57 bits per heavy atom. The van der Waals surface area contributed by atoms with Crippen molar-refractivity contribution in [3.05, 3.63) is 25.1 Å². The molecule has 1 rings (SSSR count). The lowest BCUT2D eigenvalue weighted by molar-refractivity contribution is 0.0406. The van der Waals surface area contributed by atoms with Gasteiger partial charge in [0.15, 0.2) is 5.88 Å². The minimum absolute atomic E-state index is 0. The van der Waals surface area contributed by atoms with E-state index in [1.54, 1.807) is 0 Å². The van der Waals surface area contributed by atoms with E-state index in [0.29, 0.717) is 11.3 Å². The molecule has 0 saturated heterocycles. The predicted molar refractivity (Wildman–Crippen MR) is 62.0 cm³/mol. The molecule has 0 amide bonds. The molecule has 82 valence electrons. The van der Waals surface area contributed by atoms with Gasteiger partial charge in [0.2, 0.25) is 0 Å². The molecule has 0 atom stereocenters. The van der Waals surface area contributed by atoms with Gasteiger partial charge in [0.05, 0.1) is 0 Å². The highest BCUT2D eigenvalue weighted by Crippen LogP contribution is 2.46. The second kappa shape index (κ2) is 3.68. The Morgan fingerprint density at radius 2 is 2.14 bits per heavy atom. The molecule has 0 aromatic heterocycles. The molecule has 0 heterocycles. The van der Waals surface area contributed by atoms with Crippen LogP contribution in [0.5, 0.6) is 0 Å². The van der Waals surface area contributed by atoms with Gasteiger partial charge in [0.25, 0.3) is 0 Å². The zero-order valence-corrected chi connectivity index (χ0v) is 9.52. The molecule has 0 spiro atoms. The van der Waals surface area contributed by atoms with Crippen LogP contribution in [0.1, 0.15) is 35.0 Å². The van der Waals surface area contributed by atoms with Crippen LogP contribution in [0.2, 0.25) is 0 Å². The fourth-order valence-electron chi connectivity index (χ4n) is 1.29. The van der Waals surface area contributed by atoms with E-state index >= 15 is 0 Å². The largest absolute Gasteiger partial charge is 0.474 e. The van der Waals surface area contributed by atoms with Gasteiger partial charge in [0.1, 0.15) is 5.60 Å². The summed E-state index contributed by atoms with van der Waals surface area (Å²) in [7, 11) is 0. The second-order valence-electron chi connectivity index (χ2n) is 5.06. The van der Waals surface area contributed by atoms with Gasteiger partial charge < -0.3 is 10.1 Å². The smallest absolute Gasteiger partial charge is 0.179 e. The highest BCUT2D eigenvalue weighted by molar-refractivity contribution is 5.08. The van der Waals surface area contributed by atoms with E-state index in [1.807, 2.05) is 26.8 Å². The topological polar surface area (TPSA) is 21.3 Å². The summed E-state index contributed by atoms with van der Waals surface area (Å²) in [5.74, 6) is 0.658. The first-order valence-electron chi connectivity index (χ1n) is 5.12. The zero-order chi connectivity index (χ0) is 10.8. The molecular formula is C12H23NO. The molecular weight excluding hydrogens is 174 g/mol. The third-order valence-corrected chi connectivity index (χ3v) is 2.39. The van der Waals surface area contributed by atoms with Gasteiger partial charge in [-0.15, -0.1) is 6.58 Å². The van der Waals surface area contributed by atoms with Crippen molar-refractivity contribution in [2.24, 2.45) is 5.41 Å². The van der Waals surface area contributed by atoms with Crippen molar-refractivity contribution in [3.63, 3.8) is 0 Å². The van der Waals surface area contributed by atoms with Crippen LogP contribution in [0.25, 0.3) is 0 Å². The Hall–Kier alpha value is -0.920. The molecule has 0 aromatic rings. The van der Waals surface area contributed by atoms with E-state index in [2.05, 4.69) is 18.5 Å². The maximum Gasteiger partial charge on any atom is 0.179 e. The second-order valence-corrected chi connectivity index (χ2v) is 5.06. The molecule has 0 unspecified atom stereocenters. The summed E-state index contributed by atoms with van der Waals surface area (Å²) in [6, 6.07) is 0. The lowest BCUT2D eigenvalue weighted by Crippen LogP contribution is -2.28. The minimum Gasteiger partial charge on any atom is -0.474 e. The molecule has 1 aliphatic rings. The SMILES string of the molecule is C=CC1(CNC(=C)OC(C)(C)C)CC1.[HH]. The van der Waals surface area contributed by atoms with Crippen LogP contribution in [-0.2, 0) is 4.74 Å².